The number of hydrogen-bond donors (Lipinski definition) is 1. The fourth-order valence-electron chi connectivity index (χ4n) is 4.51. The lowest BCUT2D eigenvalue weighted by Crippen LogP contribution is -2.42. The van der Waals surface area contributed by atoms with Crippen LogP contribution >= 0.6 is 24.0 Å². The Balaban J connectivity index is 0.00000146. The third kappa shape index (κ3) is 3.19. The molecule has 0 amide bonds. The number of nitrogens with one attached hydrogen (secondary N) is 1. The van der Waals surface area contributed by atoms with E-state index in [4.69, 9.17) is 14.1 Å². The highest BCUT2D eigenvalue weighted by molar-refractivity contribution is 14.0. The lowest BCUT2D eigenvalue weighted by molar-refractivity contribution is 0.0767. The Morgan fingerprint density at radius 1 is 1.17 bits per heavy atom. The molecule has 1 aromatic rings. The van der Waals surface area contributed by atoms with Gasteiger partial charge in [-0.3, -0.25) is 4.99 Å². The van der Waals surface area contributed by atoms with Crippen LogP contribution < -0.4 is 5.32 Å². The third-order valence-electron chi connectivity index (χ3n) is 5.86. The number of likely N-dealkylation sites (tertiary alicyclic amines) is 1. The number of guanidine groups is 1. The fraction of sp³-hybridized carbons (Fsp3) is 0.722. The molecule has 2 bridgehead atoms. The minimum atomic E-state index is 0. The third-order valence-corrected chi connectivity index (χ3v) is 5.86. The second kappa shape index (κ2) is 6.86. The van der Waals surface area contributed by atoms with Gasteiger partial charge in [0.1, 0.15) is 5.76 Å². The Morgan fingerprint density at radius 2 is 1.92 bits per heavy atom. The van der Waals surface area contributed by atoms with Gasteiger partial charge < -0.3 is 19.4 Å². The molecule has 24 heavy (non-hydrogen) atoms. The van der Waals surface area contributed by atoms with E-state index >= 15 is 0 Å². The van der Waals surface area contributed by atoms with E-state index in [1.165, 1.54) is 25.7 Å². The van der Waals surface area contributed by atoms with Crippen LogP contribution in [-0.2, 0) is 11.2 Å². The van der Waals surface area contributed by atoms with Crippen LogP contribution in [0.5, 0.6) is 0 Å². The number of furan rings is 1. The minimum absolute atomic E-state index is 0. The predicted octanol–water partition coefficient (Wildman–Crippen LogP) is 2.66. The summed E-state index contributed by atoms with van der Waals surface area (Å²) < 4.78 is 11.5. The number of ether oxygens (including phenoxy) is 1. The van der Waals surface area contributed by atoms with Crippen molar-refractivity contribution in [2.75, 3.05) is 19.6 Å². The van der Waals surface area contributed by atoms with Crippen LogP contribution in [0, 0.1) is 11.8 Å². The highest BCUT2D eigenvalue weighted by Crippen LogP contribution is 2.47. The molecule has 6 heteroatoms. The van der Waals surface area contributed by atoms with Crippen molar-refractivity contribution in [2.45, 2.75) is 50.4 Å². The van der Waals surface area contributed by atoms with E-state index in [-0.39, 0.29) is 24.0 Å². The number of aliphatic imine (C=N–C) groups is 1. The van der Waals surface area contributed by atoms with E-state index in [9.17, 15) is 0 Å². The first-order valence-corrected chi connectivity index (χ1v) is 9.10. The summed E-state index contributed by atoms with van der Waals surface area (Å²) in [5.41, 5.74) is 0. The van der Waals surface area contributed by atoms with E-state index in [1.54, 1.807) is 6.26 Å². The molecule has 1 saturated carbocycles. The van der Waals surface area contributed by atoms with Gasteiger partial charge in [-0.2, -0.15) is 0 Å². The Kier molecular flexibility index (Phi) is 4.77. The van der Waals surface area contributed by atoms with Crippen LogP contribution in [0.15, 0.2) is 27.8 Å². The molecule has 4 heterocycles. The number of hydrogen-bond acceptors (Lipinski definition) is 3. The van der Waals surface area contributed by atoms with Crippen LogP contribution in [0.25, 0.3) is 0 Å². The molecular formula is C18H26IN3O2. The summed E-state index contributed by atoms with van der Waals surface area (Å²) in [5.74, 6) is 3.59. The summed E-state index contributed by atoms with van der Waals surface area (Å²) in [6.45, 7) is 3.02. The quantitative estimate of drug-likeness (QED) is 0.442. The Bertz CT molecular complexity index is 569. The van der Waals surface area contributed by atoms with Gasteiger partial charge in [0.15, 0.2) is 5.96 Å². The minimum Gasteiger partial charge on any atom is -0.469 e. The molecule has 0 aromatic carbocycles. The molecular weight excluding hydrogens is 417 g/mol. The largest absolute Gasteiger partial charge is 0.469 e. The summed E-state index contributed by atoms with van der Waals surface area (Å²) in [6, 6.07) is 4.62. The van der Waals surface area contributed by atoms with Crippen molar-refractivity contribution in [1.29, 1.82) is 0 Å². The first-order valence-electron chi connectivity index (χ1n) is 9.10. The fourth-order valence-corrected chi connectivity index (χ4v) is 4.51. The number of nitrogens with zero attached hydrogens (tertiary/aromatic N) is 2. The average molecular weight is 443 g/mol. The van der Waals surface area contributed by atoms with Crippen LogP contribution in [0.1, 0.15) is 31.4 Å². The van der Waals surface area contributed by atoms with Crippen molar-refractivity contribution in [3.63, 3.8) is 0 Å². The molecule has 1 N–H and O–H groups in total. The second-order valence-electron chi connectivity index (χ2n) is 7.48. The average Bonchev–Trinajstić information content (AvgIpc) is 3.01. The standard InChI is InChI=1S/C18H25N3O2.HI/c1-2-13(22-9-1)7-8-19-18(20-12-3-4-12)21-10-14-15(11-21)17-6-5-16(14)23-17;/h1-2,9,12,14-17H,3-8,10-11H2,(H,19,20);1H. The van der Waals surface area contributed by atoms with Gasteiger partial charge in [0.2, 0.25) is 0 Å². The van der Waals surface area contributed by atoms with Crippen LogP contribution in [-0.4, -0.2) is 48.7 Å². The smallest absolute Gasteiger partial charge is 0.194 e. The maximum Gasteiger partial charge on any atom is 0.194 e. The maximum atomic E-state index is 6.09. The normalized spacial score (nSPS) is 34.3. The lowest BCUT2D eigenvalue weighted by atomic mass is 9.82. The Labute approximate surface area is 160 Å². The van der Waals surface area contributed by atoms with Gasteiger partial charge in [0, 0.05) is 43.9 Å². The molecule has 4 unspecified atom stereocenters. The molecule has 4 fully saturated rings. The highest BCUT2D eigenvalue weighted by atomic mass is 127. The zero-order valence-electron chi connectivity index (χ0n) is 13.9. The van der Waals surface area contributed by atoms with Crippen LogP contribution in [0.2, 0.25) is 0 Å². The van der Waals surface area contributed by atoms with Gasteiger partial charge in [0.05, 0.1) is 18.5 Å². The zero-order valence-corrected chi connectivity index (χ0v) is 16.2. The first-order chi connectivity index (χ1) is 11.4. The monoisotopic (exact) mass is 443 g/mol. The Hall–Kier alpha value is -0.760. The molecule has 5 nitrogen and oxygen atoms in total. The first kappa shape index (κ1) is 16.7. The molecule has 1 aromatic heterocycles. The van der Waals surface area contributed by atoms with Crippen molar-refractivity contribution < 1.29 is 9.15 Å². The van der Waals surface area contributed by atoms with E-state index in [1.807, 2.05) is 12.1 Å². The van der Waals surface area contributed by atoms with Gasteiger partial charge in [-0.15, -0.1) is 24.0 Å². The van der Waals surface area contributed by atoms with Gasteiger partial charge in [-0.05, 0) is 37.8 Å². The molecule has 132 valence electrons. The summed E-state index contributed by atoms with van der Waals surface area (Å²) in [6.07, 6.45) is 8.73. The van der Waals surface area contributed by atoms with E-state index in [2.05, 4.69) is 10.2 Å². The molecule has 1 aliphatic carbocycles. The number of rotatable bonds is 4. The number of halogens is 1. The molecule has 4 atom stereocenters. The van der Waals surface area contributed by atoms with Gasteiger partial charge in [-0.1, -0.05) is 0 Å². The van der Waals surface area contributed by atoms with Crippen molar-refractivity contribution >= 4 is 29.9 Å². The molecule has 5 rings (SSSR count). The summed E-state index contributed by atoms with van der Waals surface area (Å²) in [7, 11) is 0. The van der Waals surface area contributed by atoms with Gasteiger partial charge >= 0.3 is 0 Å². The van der Waals surface area contributed by atoms with Crippen LogP contribution in [0.3, 0.4) is 0 Å². The van der Waals surface area contributed by atoms with E-state index < -0.39 is 0 Å². The van der Waals surface area contributed by atoms with Gasteiger partial charge in [0.25, 0.3) is 0 Å². The zero-order chi connectivity index (χ0) is 15.2. The highest BCUT2D eigenvalue weighted by Gasteiger charge is 2.53. The van der Waals surface area contributed by atoms with Crippen molar-refractivity contribution in [3.8, 4) is 0 Å². The molecule has 4 aliphatic rings. The summed E-state index contributed by atoms with van der Waals surface area (Å²) >= 11 is 0. The van der Waals surface area contributed by atoms with E-state index in [0.29, 0.717) is 18.2 Å². The second-order valence-corrected chi connectivity index (χ2v) is 7.48. The van der Waals surface area contributed by atoms with Crippen molar-refractivity contribution in [3.05, 3.63) is 24.2 Å². The number of fused-ring (bicyclic) bond motifs is 5. The molecule has 0 radical (unpaired) electrons. The predicted molar refractivity (Wildman–Crippen MR) is 103 cm³/mol. The lowest BCUT2D eigenvalue weighted by Gasteiger charge is -2.23. The summed E-state index contributed by atoms with van der Waals surface area (Å²) in [4.78, 5) is 7.38. The van der Waals surface area contributed by atoms with Crippen molar-refractivity contribution in [2.24, 2.45) is 16.8 Å². The molecule has 0 spiro atoms. The van der Waals surface area contributed by atoms with Crippen molar-refractivity contribution in [1.82, 2.24) is 10.2 Å². The summed E-state index contributed by atoms with van der Waals surface area (Å²) in [5, 5.41) is 3.66. The topological polar surface area (TPSA) is 50.0 Å². The Morgan fingerprint density at radius 3 is 2.54 bits per heavy atom. The van der Waals surface area contributed by atoms with Crippen LogP contribution in [0.4, 0.5) is 0 Å². The molecule has 3 aliphatic heterocycles. The van der Waals surface area contributed by atoms with E-state index in [0.717, 1.165) is 49.6 Å². The maximum absolute atomic E-state index is 6.09. The SMILES string of the molecule is I.c1coc(CCN=C(NC2CC2)N2CC3C4CCC(O4)C3C2)c1. The molecule has 3 saturated heterocycles. The van der Waals surface area contributed by atoms with Gasteiger partial charge in [-0.25, -0.2) is 0 Å².